The predicted molar refractivity (Wildman–Crippen MR) is 95.6 cm³/mol. The molecular weight excluding hydrogens is 348 g/mol. The van der Waals surface area contributed by atoms with Crippen molar-refractivity contribution < 1.29 is 19.2 Å². The van der Waals surface area contributed by atoms with Crippen LogP contribution in [0.4, 0.5) is 0 Å². The van der Waals surface area contributed by atoms with Crippen molar-refractivity contribution in [3.05, 3.63) is 34.9 Å². The van der Waals surface area contributed by atoms with Gasteiger partial charge in [-0.05, 0) is 37.4 Å². The van der Waals surface area contributed by atoms with Crippen LogP contribution in [0, 0.1) is 0 Å². The summed E-state index contributed by atoms with van der Waals surface area (Å²) in [5, 5.41) is 2.21. The minimum atomic E-state index is -0.938. The maximum Gasteiger partial charge on any atom is 0.262 e. The number of benzene rings is 1. The van der Waals surface area contributed by atoms with Crippen molar-refractivity contribution in [2.75, 3.05) is 13.1 Å². The number of imide groups is 2. The highest BCUT2D eigenvalue weighted by Gasteiger charge is 2.45. The SMILES string of the molecule is NC[C@@H]1CCCN1Cc1cccc2c1C(=O)N(C1CCC(=O)NC1=O)C2=O. The molecule has 0 aromatic heterocycles. The number of hydrogen-bond donors (Lipinski definition) is 2. The van der Waals surface area contributed by atoms with E-state index in [4.69, 9.17) is 5.73 Å². The van der Waals surface area contributed by atoms with E-state index in [9.17, 15) is 19.2 Å². The quantitative estimate of drug-likeness (QED) is 0.722. The van der Waals surface area contributed by atoms with Crippen molar-refractivity contribution in [3.63, 3.8) is 0 Å². The van der Waals surface area contributed by atoms with Crippen LogP contribution in [-0.4, -0.2) is 58.6 Å². The highest BCUT2D eigenvalue weighted by Crippen LogP contribution is 2.31. The molecule has 8 nitrogen and oxygen atoms in total. The molecule has 0 bridgehead atoms. The van der Waals surface area contributed by atoms with Gasteiger partial charge in [-0.15, -0.1) is 0 Å². The number of hydrogen-bond acceptors (Lipinski definition) is 6. The molecule has 8 heteroatoms. The van der Waals surface area contributed by atoms with Gasteiger partial charge in [-0.1, -0.05) is 12.1 Å². The molecule has 142 valence electrons. The molecule has 1 aromatic rings. The molecule has 3 N–H and O–H groups in total. The normalized spacial score (nSPS) is 25.9. The Morgan fingerprint density at radius 3 is 2.67 bits per heavy atom. The summed E-state index contributed by atoms with van der Waals surface area (Å²) in [6.07, 6.45) is 2.36. The number of nitrogens with one attached hydrogen (secondary N) is 1. The van der Waals surface area contributed by atoms with E-state index in [-0.39, 0.29) is 24.8 Å². The lowest BCUT2D eigenvalue weighted by Crippen LogP contribution is -2.54. The number of likely N-dealkylation sites (tertiary alicyclic amines) is 1. The summed E-state index contributed by atoms with van der Waals surface area (Å²) >= 11 is 0. The molecule has 27 heavy (non-hydrogen) atoms. The van der Waals surface area contributed by atoms with E-state index in [0.717, 1.165) is 29.8 Å². The van der Waals surface area contributed by atoms with E-state index in [0.29, 0.717) is 24.2 Å². The number of amides is 4. The van der Waals surface area contributed by atoms with E-state index in [1.54, 1.807) is 12.1 Å². The van der Waals surface area contributed by atoms with Gasteiger partial charge in [0, 0.05) is 25.6 Å². The molecule has 0 aliphatic carbocycles. The van der Waals surface area contributed by atoms with E-state index >= 15 is 0 Å². The van der Waals surface area contributed by atoms with Gasteiger partial charge in [0.1, 0.15) is 6.04 Å². The summed E-state index contributed by atoms with van der Waals surface area (Å²) in [7, 11) is 0. The van der Waals surface area contributed by atoms with Gasteiger partial charge in [-0.2, -0.15) is 0 Å². The van der Waals surface area contributed by atoms with Crippen molar-refractivity contribution in [1.29, 1.82) is 0 Å². The standard InChI is InChI=1S/C19H22N4O4/c20-9-12-4-2-8-22(12)10-11-3-1-5-13-16(11)19(27)23(18(13)26)14-6-7-15(24)21-17(14)25/h1,3,5,12,14H,2,4,6-10,20H2,(H,21,24,25)/t12-,14?/m0/s1. The lowest BCUT2D eigenvalue weighted by Gasteiger charge is -2.28. The molecule has 2 saturated heterocycles. The second-order valence-electron chi connectivity index (χ2n) is 7.29. The van der Waals surface area contributed by atoms with Gasteiger partial charge in [0.05, 0.1) is 11.1 Å². The summed E-state index contributed by atoms with van der Waals surface area (Å²) in [6, 6.07) is 4.57. The molecule has 3 aliphatic heterocycles. The van der Waals surface area contributed by atoms with Gasteiger partial charge < -0.3 is 5.73 Å². The summed E-state index contributed by atoms with van der Waals surface area (Å²) in [4.78, 5) is 52.7. The number of carbonyl (C=O) groups excluding carboxylic acids is 4. The third-order valence-corrected chi connectivity index (χ3v) is 5.70. The van der Waals surface area contributed by atoms with Gasteiger partial charge >= 0.3 is 0 Å². The van der Waals surface area contributed by atoms with Crippen molar-refractivity contribution in [3.8, 4) is 0 Å². The van der Waals surface area contributed by atoms with Crippen molar-refractivity contribution in [1.82, 2.24) is 15.1 Å². The zero-order valence-corrected chi connectivity index (χ0v) is 14.9. The molecule has 2 atom stereocenters. The first-order chi connectivity index (χ1) is 13.0. The van der Waals surface area contributed by atoms with Crippen LogP contribution in [0.5, 0.6) is 0 Å². The highest BCUT2D eigenvalue weighted by molar-refractivity contribution is 6.24. The number of fused-ring (bicyclic) bond motifs is 1. The minimum Gasteiger partial charge on any atom is -0.329 e. The van der Waals surface area contributed by atoms with Gasteiger partial charge in [0.15, 0.2) is 0 Å². The summed E-state index contributed by atoms with van der Waals surface area (Å²) < 4.78 is 0. The van der Waals surface area contributed by atoms with Crippen LogP contribution in [0.15, 0.2) is 18.2 Å². The Morgan fingerprint density at radius 1 is 1.11 bits per heavy atom. The molecule has 1 unspecified atom stereocenters. The first-order valence-corrected chi connectivity index (χ1v) is 9.29. The molecule has 0 radical (unpaired) electrons. The Kier molecular flexibility index (Phi) is 4.53. The Morgan fingerprint density at radius 2 is 1.93 bits per heavy atom. The topological polar surface area (TPSA) is 113 Å². The lowest BCUT2D eigenvalue weighted by atomic mass is 10.0. The van der Waals surface area contributed by atoms with Crippen LogP contribution in [0.25, 0.3) is 0 Å². The fourth-order valence-electron chi connectivity index (χ4n) is 4.31. The summed E-state index contributed by atoms with van der Waals surface area (Å²) in [5.41, 5.74) is 7.32. The molecule has 0 saturated carbocycles. The number of carbonyl (C=O) groups is 4. The Balaban J connectivity index is 1.63. The van der Waals surface area contributed by atoms with Crippen molar-refractivity contribution >= 4 is 23.6 Å². The van der Waals surface area contributed by atoms with Crippen molar-refractivity contribution in [2.24, 2.45) is 5.73 Å². The summed E-state index contributed by atoms with van der Waals surface area (Å²) in [6.45, 7) is 2.02. The van der Waals surface area contributed by atoms with E-state index < -0.39 is 23.8 Å². The van der Waals surface area contributed by atoms with Crippen LogP contribution in [0.2, 0.25) is 0 Å². The third-order valence-electron chi connectivity index (χ3n) is 5.70. The smallest absolute Gasteiger partial charge is 0.262 e. The number of rotatable bonds is 4. The zero-order chi connectivity index (χ0) is 19.1. The van der Waals surface area contributed by atoms with Crippen LogP contribution in [0.1, 0.15) is 52.0 Å². The number of nitrogens with zero attached hydrogens (tertiary/aromatic N) is 2. The average Bonchev–Trinajstić information content (AvgIpc) is 3.19. The monoisotopic (exact) mass is 370 g/mol. The molecule has 0 spiro atoms. The minimum absolute atomic E-state index is 0.114. The Labute approximate surface area is 156 Å². The van der Waals surface area contributed by atoms with E-state index in [1.807, 2.05) is 6.07 Å². The molecule has 3 heterocycles. The van der Waals surface area contributed by atoms with E-state index in [1.165, 1.54) is 0 Å². The lowest BCUT2D eigenvalue weighted by molar-refractivity contribution is -0.136. The van der Waals surface area contributed by atoms with Gasteiger partial charge in [0.2, 0.25) is 11.8 Å². The number of piperidine rings is 1. The van der Waals surface area contributed by atoms with Gasteiger partial charge in [-0.3, -0.25) is 34.3 Å². The van der Waals surface area contributed by atoms with Crippen molar-refractivity contribution in [2.45, 2.75) is 44.3 Å². The molecule has 1 aromatic carbocycles. The largest absolute Gasteiger partial charge is 0.329 e. The van der Waals surface area contributed by atoms with Crippen LogP contribution < -0.4 is 11.1 Å². The van der Waals surface area contributed by atoms with Gasteiger partial charge in [0.25, 0.3) is 11.8 Å². The zero-order valence-electron chi connectivity index (χ0n) is 14.9. The predicted octanol–water partition coefficient (Wildman–Crippen LogP) is 0.0109. The number of nitrogens with two attached hydrogens (primary N) is 1. The summed E-state index contributed by atoms with van der Waals surface area (Å²) in [5.74, 6) is -1.90. The molecule has 4 rings (SSSR count). The molecule has 2 fully saturated rings. The van der Waals surface area contributed by atoms with Crippen LogP contribution >= 0.6 is 0 Å². The second kappa shape index (κ2) is 6.86. The fourth-order valence-corrected chi connectivity index (χ4v) is 4.31. The molecular formula is C19H22N4O4. The maximum absolute atomic E-state index is 13.1. The third kappa shape index (κ3) is 2.94. The van der Waals surface area contributed by atoms with Crippen LogP contribution in [0.3, 0.4) is 0 Å². The van der Waals surface area contributed by atoms with E-state index in [2.05, 4.69) is 10.2 Å². The Bertz CT molecular complexity index is 837. The van der Waals surface area contributed by atoms with Crippen LogP contribution in [-0.2, 0) is 16.1 Å². The fraction of sp³-hybridized carbons (Fsp3) is 0.474. The van der Waals surface area contributed by atoms with Gasteiger partial charge in [-0.25, -0.2) is 0 Å². The average molecular weight is 370 g/mol. The maximum atomic E-state index is 13.1. The highest BCUT2D eigenvalue weighted by atomic mass is 16.2. The first-order valence-electron chi connectivity index (χ1n) is 9.29. The second-order valence-corrected chi connectivity index (χ2v) is 7.29. The first kappa shape index (κ1) is 17.8. The molecule has 4 amide bonds. The molecule has 3 aliphatic rings. The Hall–Kier alpha value is -2.58.